The summed E-state index contributed by atoms with van der Waals surface area (Å²) < 4.78 is 1.04. The Morgan fingerprint density at radius 2 is 2.00 bits per heavy atom. The molecule has 2 atom stereocenters. The van der Waals surface area contributed by atoms with Crippen LogP contribution in [0.5, 0.6) is 0 Å². The number of carbonyl (C=O) groups excluding carboxylic acids is 1. The van der Waals surface area contributed by atoms with Gasteiger partial charge in [0.15, 0.2) is 0 Å². The maximum atomic E-state index is 11.4. The van der Waals surface area contributed by atoms with E-state index in [1.165, 1.54) is 0 Å². The molecular formula is C11H13BrN2O. The predicted molar refractivity (Wildman–Crippen MR) is 62.2 cm³/mol. The Balaban J connectivity index is 2.24. The zero-order valence-corrected chi connectivity index (χ0v) is 10.1. The molecule has 1 aromatic rings. The van der Waals surface area contributed by atoms with Gasteiger partial charge in [0.1, 0.15) is 6.04 Å². The van der Waals surface area contributed by atoms with Crippen LogP contribution in [0.15, 0.2) is 28.7 Å². The van der Waals surface area contributed by atoms with E-state index in [1.807, 2.05) is 31.2 Å². The summed E-state index contributed by atoms with van der Waals surface area (Å²) in [5.41, 5.74) is 6.90. The van der Waals surface area contributed by atoms with Crippen LogP contribution in [0.4, 0.5) is 0 Å². The van der Waals surface area contributed by atoms with Crippen molar-refractivity contribution < 1.29 is 4.79 Å². The summed E-state index contributed by atoms with van der Waals surface area (Å²) in [4.78, 5) is 13.2. The molecule has 0 spiro atoms. The van der Waals surface area contributed by atoms with E-state index in [0.29, 0.717) is 6.54 Å². The summed E-state index contributed by atoms with van der Waals surface area (Å²) in [6, 6.07) is 7.63. The predicted octanol–water partition coefficient (Wildman–Crippen LogP) is 1.68. The van der Waals surface area contributed by atoms with Gasteiger partial charge in [-0.25, -0.2) is 0 Å². The minimum Gasteiger partial charge on any atom is -0.332 e. The molecule has 80 valence electrons. The van der Waals surface area contributed by atoms with Crippen molar-refractivity contribution in [1.82, 2.24) is 4.90 Å². The van der Waals surface area contributed by atoms with E-state index in [2.05, 4.69) is 15.9 Å². The van der Waals surface area contributed by atoms with Gasteiger partial charge in [0.05, 0.1) is 6.04 Å². The van der Waals surface area contributed by atoms with E-state index in [-0.39, 0.29) is 18.0 Å². The Morgan fingerprint density at radius 1 is 1.40 bits per heavy atom. The molecule has 1 aliphatic rings. The number of hydrogen-bond donors (Lipinski definition) is 1. The van der Waals surface area contributed by atoms with Crippen LogP contribution in [0.1, 0.15) is 18.5 Å². The third-order valence-corrected chi connectivity index (χ3v) is 3.33. The van der Waals surface area contributed by atoms with E-state index < -0.39 is 0 Å². The summed E-state index contributed by atoms with van der Waals surface area (Å²) >= 11 is 3.38. The molecule has 0 bridgehead atoms. The maximum absolute atomic E-state index is 11.4. The number of nitrogens with two attached hydrogens (primary N) is 1. The maximum Gasteiger partial charge on any atom is 0.242 e. The highest BCUT2D eigenvalue weighted by Gasteiger charge is 2.44. The van der Waals surface area contributed by atoms with Gasteiger partial charge in [-0.05, 0) is 24.6 Å². The Bertz CT molecular complexity index is 377. The number of benzene rings is 1. The lowest BCUT2D eigenvalue weighted by Crippen LogP contribution is -2.62. The second kappa shape index (κ2) is 3.94. The lowest BCUT2D eigenvalue weighted by molar-refractivity contribution is -0.149. The van der Waals surface area contributed by atoms with E-state index in [4.69, 9.17) is 5.73 Å². The first kappa shape index (κ1) is 10.6. The topological polar surface area (TPSA) is 46.3 Å². The zero-order chi connectivity index (χ0) is 11.0. The Labute approximate surface area is 97.4 Å². The average Bonchev–Trinajstić information content (AvgIpc) is 2.26. The Hall–Kier alpha value is -0.870. The first-order chi connectivity index (χ1) is 7.15. The highest BCUT2D eigenvalue weighted by molar-refractivity contribution is 9.10. The number of likely N-dealkylation sites (N-methyl/N-ethyl adjacent to an activating group) is 1. The summed E-state index contributed by atoms with van der Waals surface area (Å²) in [5, 5.41) is 0. The first-order valence-corrected chi connectivity index (χ1v) is 5.76. The molecule has 0 unspecified atom stereocenters. The van der Waals surface area contributed by atoms with Crippen molar-refractivity contribution >= 4 is 21.8 Å². The second-order valence-electron chi connectivity index (χ2n) is 3.65. The molecule has 2 rings (SSSR count). The van der Waals surface area contributed by atoms with Crippen molar-refractivity contribution in [3.05, 3.63) is 34.3 Å². The van der Waals surface area contributed by atoms with Crippen molar-refractivity contribution in [2.75, 3.05) is 6.54 Å². The number of amides is 1. The van der Waals surface area contributed by atoms with Crippen LogP contribution >= 0.6 is 15.9 Å². The number of β-lactam (4-membered cyclic amide) rings is 1. The summed E-state index contributed by atoms with van der Waals surface area (Å²) in [5.74, 6) is 0.0467. The fourth-order valence-electron chi connectivity index (χ4n) is 1.98. The molecule has 1 fully saturated rings. The smallest absolute Gasteiger partial charge is 0.242 e. The van der Waals surface area contributed by atoms with E-state index >= 15 is 0 Å². The van der Waals surface area contributed by atoms with Crippen LogP contribution in [0.25, 0.3) is 0 Å². The van der Waals surface area contributed by atoms with Crippen LogP contribution in [0.2, 0.25) is 0 Å². The van der Waals surface area contributed by atoms with E-state index in [0.717, 1.165) is 10.0 Å². The molecule has 0 aliphatic carbocycles. The standard InChI is InChI=1S/C11H13BrN2O/c1-2-14-10(9(13)11(14)15)7-3-5-8(12)6-4-7/h3-6,9-10H,2,13H2,1H3/t9-,10+/m0/s1. The highest BCUT2D eigenvalue weighted by Crippen LogP contribution is 2.33. The fourth-order valence-corrected chi connectivity index (χ4v) is 2.24. The van der Waals surface area contributed by atoms with Gasteiger partial charge in [0.25, 0.3) is 0 Å². The minimum atomic E-state index is -0.369. The molecule has 3 nitrogen and oxygen atoms in total. The van der Waals surface area contributed by atoms with Gasteiger partial charge in [-0.2, -0.15) is 0 Å². The molecule has 4 heteroatoms. The van der Waals surface area contributed by atoms with Crippen LogP contribution in [-0.4, -0.2) is 23.4 Å². The third kappa shape index (κ3) is 1.68. The Morgan fingerprint density at radius 3 is 2.53 bits per heavy atom. The molecule has 15 heavy (non-hydrogen) atoms. The molecule has 1 saturated heterocycles. The molecular weight excluding hydrogens is 256 g/mol. The van der Waals surface area contributed by atoms with Crippen molar-refractivity contribution in [3.63, 3.8) is 0 Å². The van der Waals surface area contributed by atoms with Crippen molar-refractivity contribution in [2.24, 2.45) is 5.73 Å². The first-order valence-electron chi connectivity index (χ1n) is 4.96. The van der Waals surface area contributed by atoms with Crippen molar-refractivity contribution in [1.29, 1.82) is 0 Å². The van der Waals surface area contributed by atoms with Gasteiger partial charge in [0, 0.05) is 11.0 Å². The van der Waals surface area contributed by atoms with E-state index in [1.54, 1.807) is 4.90 Å². The van der Waals surface area contributed by atoms with Crippen molar-refractivity contribution in [2.45, 2.75) is 19.0 Å². The molecule has 1 aliphatic heterocycles. The van der Waals surface area contributed by atoms with Crippen LogP contribution in [0, 0.1) is 0 Å². The molecule has 2 N–H and O–H groups in total. The summed E-state index contributed by atoms with van der Waals surface area (Å²) in [6.07, 6.45) is 0. The van der Waals surface area contributed by atoms with Crippen molar-refractivity contribution in [3.8, 4) is 0 Å². The summed E-state index contributed by atoms with van der Waals surface area (Å²) in [6.45, 7) is 2.68. The number of carbonyl (C=O) groups is 1. The quantitative estimate of drug-likeness (QED) is 0.830. The third-order valence-electron chi connectivity index (χ3n) is 2.80. The number of nitrogens with zero attached hydrogens (tertiary/aromatic N) is 1. The lowest BCUT2D eigenvalue weighted by Gasteiger charge is -2.45. The second-order valence-corrected chi connectivity index (χ2v) is 4.56. The molecule has 0 saturated carbocycles. The molecule has 1 amide bonds. The molecule has 1 heterocycles. The number of likely N-dealkylation sites (tertiary alicyclic amines) is 1. The number of hydrogen-bond acceptors (Lipinski definition) is 2. The number of halogens is 1. The van der Waals surface area contributed by atoms with Crippen LogP contribution < -0.4 is 5.73 Å². The number of rotatable bonds is 2. The summed E-state index contributed by atoms with van der Waals surface area (Å²) in [7, 11) is 0. The van der Waals surface area contributed by atoms with Gasteiger partial charge in [-0.1, -0.05) is 28.1 Å². The van der Waals surface area contributed by atoms with Crippen LogP contribution in [0.3, 0.4) is 0 Å². The largest absolute Gasteiger partial charge is 0.332 e. The van der Waals surface area contributed by atoms with Gasteiger partial charge in [0.2, 0.25) is 5.91 Å². The fraction of sp³-hybridized carbons (Fsp3) is 0.364. The van der Waals surface area contributed by atoms with Crippen LogP contribution in [-0.2, 0) is 4.79 Å². The lowest BCUT2D eigenvalue weighted by atomic mass is 9.89. The van der Waals surface area contributed by atoms with Gasteiger partial charge >= 0.3 is 0 Å². The highest BCUT2D eigenvalue weighted by atomic mass is 79.9. The molecule has 0 aromatic heterocycles. The molecule has 0 radical (unpaired) electrons. The monoisotopic (exact) mass is 268 g/mol. The Kier molecular flexibility index (Phi) is 2.80. The van der Waals surface area contributed by atoms with E-state index in [9.17, 15) is 4.79 Å². The average molecular weight is 269 g/mol. The van der Waals surface area contributed by atoms with Gasteiger partial charge < -0.3 is 10.6 Å². The van der Waals surface area contributed by atoms with Gasteiger partial charge in [-0.15, -0.1) is 0 Å². The zero-order valence-electron chi connectivity index (χ0n) is 8.48. The minimum absolute atomic E-state index is 0.0467. The SMILES string of the molecule is CCN1C(=O)[C@@H](N)[C@H]1c1ccc(Br)cc1. The normalized spacial score (nSPS) is 25.3. The van der Waals surface area contributed by atoms with Gasteiger partial charge in [-0.3, -0.25) is 4.79 Å². The molecule has 1 aromatic carbocycles.